The molecule has 2 saturated heterocycles. The predicted molar refractivity (Wildman–Crippen MR) is 121 cm³/mol. The van der Waals surface area contributed by atoms with E-state index in [1.165, 1.54) is 41.9 Å². The highest BCUT2D eigenvalue weighted by atomic mass is 32.1. The molecule has 7 nitrogen and oxygen atoms in total. The van der Waals surface area contributed by atoms with Crippen molar-refractivity contribution in [1.29, 1.82) is 0 Å². The number of nitrogens with one attached hydrogen (secondary N) is 1. The number of nitrogens with zero attached hydrogens (tertiary/aromatic N) is 3. The van der Waals surface area contributed by atoms with Gasteiger partial charge in [0.1, 0.15) is 11.6 Å². The molecule has 0 saturated carbocycles. The molecule has 2 aliphatic rings. The predicted octanol–water partition coefficient (Wildman–Crippen LogP) is 3.47. The van der Waals surface area contributed by atoms with Crippen LogP contribution >= 0.6 is 11.3 Å². The van der Waals surface area contributed by atoms with Gasteiger partial charge in [-0.1, -0.05) is 35.6 Å². The van der Waals surface area contributed by atoms with Gasteiger partial charge in [-0.25, -0.2) is 0 Å². The first-order valence-corrected chi connectivity index (χ1v) is 11.9. The number of likely N-dealkylation sites (N-methyl/N-ethyl adjacent to an activating group) is 1. The second-order valence-corrected chi connectivity index (χ2v) is 9.87. The summed E-state index contributed by atoms with van der Waals surface area (Å²) in [4.78, 5) is 15.8. The third-order valence-corrected chi connectivity index (χ3v) is 7.29. The summed E-state index contributed by atoms with van der Waals surface area (Å²) in [5.41, 5.74) is 2.12. The van der Waals surface area contributed by atoms with Crippen LogP contribution in [0.15, 0.2) is 24.3 Å². The van der Waals surface area contributed by atoms with Crippen molar-refractivity contribution in [2.75, 3.05) is 45.8 Å². The number of hydrogen-bond donors (Lipinski definition) is 1. The van der Waals surface area contributed by atoms with Gasteiger partial charge in [0.15, 0.2) is 0 Å². The largest absolute Gasteiger partial charge is 0.381 e. The Kier molecular flexibility index (Phi) is 7.32. The molecular weight excluding hydrogens is 412 g/mol. The van der Waals surface area contributed by atoms with Crippen LogP contribution in [0.3, 0.4) is 0 Å². The molecular formula is C23H32N4O3S. The van der Waals surface area contributed by atoms with E-state index in [1.54, 1.807) is 7.11 Å². The molecule has 0 aliphatic carbocycles. The van der Waals surface area contributed by atoms with Gasteiger partial charge in [-0.05, 0) is 62.7 Å². The second kappa shape index (κ2) is 10.2. The lowest BCUT2D eigenvalue weighted by atomic mass is 9.74. The molecule has 1 N–H and O–H groups in total. The Bertz CT molecular complexity index is 881. The minimum atomic E-state index is -0.493. The SMILES string of the molecule is COCc1nnc(NC(=O)C2(Cc3cccc([C@@H]4CCCN(C)C4)c3)CCOCC2)s1. The van der Waals surface area contributed by atoms with Crippen molar-refractivity contribution in [3.8, 4) is 0 Å². The molecule has 8 heteroatoms. The molecule has 1 aromatic heterocycles. The van der Waals surface area contributed by atoms with Crippen LogP contribution in [-0.2, 0) is 27.3 Å². The van der Waals surface area contributed by atoms with Crippen molar-refractivity contribution in [3.63, 3.8) is 0 Å². The van der Waals surface area contributed by atoms with Gasteiger partial charge >= 0.3 is 0 Å². The Labute approximate surface area is 188 Å². The summed E-state index contributed by atoms with van der Waals surface area (Å²) in [6, 6.07) is 8.85. The fraction of sp³-hybridized carbons (Fsp3) is 0.609. The average molecular weight is 445 g/mol. The quantitative estimate of drug-likeness (QED) is 0.705. The number of carbonyl (C=O) groups excluding carboxylic acids is 1. The first-order valence-electron chi connectivity index (χ1n) is 11.1. The van der Waals surface area contributed by atoms with Crippen LogP contribution in [0.4, 0.5) is 5.13 Å². The summed E-state index contributed by atoms with van der Waals surface area (Å²) in [6.07, 6.45) is 4.59. The van der Waals surface area contributed by atoms with Crippen LogP contribution in [0.5, 0.6) is 0 Å². The van der Waals surface area contributed by atoms with Crippen LogP contribution in [0.25, 0.3) is 0 Å². The molecule has 0 bridgehead atoms. The number of methoxy groups -OCH3 is 1. The zero-order valence-corrected chi connectivity index (χ0v) is 19.2. The molecule has 2 aliphatic heterocycles. The Morgan fingerprint density at radius 3 is 2.97 bits per heavy atom. The van der Waals surface area contributed by atoms with E-state index in [0.717, 1.165) is 11.6 Å². The Morgan fingerprint density at radius 1 is 1.35 bits per heavy atom. The smallest absolute Gasteiger partial charge is 0.232 e. The minimum Gasteiger partial charge on any atom is -0.381 e. The highest BCUT2D eigenvalue weighted by Crippen LogP contribution is 2.37. The third-order valence-electron chi connectivity index (χ3n) is 6.48. The number of aromatic nitrogens is 2. The average Bonchev–Trinajstić information content (AvgIpc) is 3.22. The number of benzene rings is 1. The van der Waals surface area contributed by atoms with Crippen molar-refractivity contribution in [2.24, 2.45) is 5.41 Å². The highest BCUT2D eigenvalue weighted by Gasteiger charge is 2.40. The third kappa shape index (κ3) is 5.49. The van der Waals surface area contributed by atoms with Gasteiger partial charge in [-0.3, -0.25) is 4.79 Å². The maximum Gasteiger partial charge on any atom is 0.232 e. The summed E-state index contributed by atoms with van der Waals surface area (Å²) < 4.78 is 10.7. The first-order chi connectivity index (χ1) is 15.1. The van der Waals surface area contributed by atoms with E-state index in [1.807, 2.05) is 0 Å². The second-order valence-electron chi connectivity index (χ2n) is 8.80. The van der Waals surface area contributed by atoms with Crippen molar-refractivity contribution in [1.82, 2.24) is 15.1 Å². The summed E-state index contributed by atoms with van der Waals surface area (Å²) in [5.74, 6) is 0.581. The lowest BCUT2D eigenvalue weighted by molar-refractivity contribution is -0.131. The summed E-state index contributed by atoms with van der Waals surface area (Å²) in [7, 11) is 3.82. The number of amides is 1. The molecule has 2 aromatic rings. The number of likely N-dealkylation sites (tertiary alicyclic amines) is 1. The van der Waals surface area contributed by atoms with E-state index in [0.29, 0.717) is 50.1 Å². The van der Waals surface area contributed by atoms with Gasteiger partial charge in [0.2, 0.25) is 11.0 Å². The van der Waals surface area contributed by atoms with Crippen LogP contribution < -0.4 is 5.32 Å². The van der Waals surface area contributed by atoms with Gasteiger partial charge in [-0.15, -0.1) is 10.2 Å². The van der Waals surface area contributed by atoms with Gasteiger partial charge in [0.25, 0.3) is 0 Å². The molecule has 0 unspecified atom stereocenters. The molecule has 4 rings (SSSR count). The van der Waals surface area contributed by atoms with Crippen molar-refractivity contribution in [2.45, 2.75) is 44.6 Å². The fourth-order valence-corrected chi connectivity index (χ4v) is 5.46. The molecule has 31 heavy (non-hydrogen) atoms. The standard InChI is InChI=1S/C23H32N4O3S/c1-27-10-4-7-19(15-27)18-6-3-5-17(13-18)14-23(8-11-30-12-9-23)21(28)24-22-26-25-20(31-22)16-29-2/h3,5-6,13,19H,4,7-12,14-16H2,1-2H3,(H,24,26,28)/t19-/m1/s1. The molecule has 2 fully saturated rings. The number of piperidine rings is 1. The Balaban J connectivity index is 1.51. The lowest BCUT2D eigenvalue weighted by Crippen LogP contribution is -2.42. The van der Waals surface area contributed by atoms with Gasteiger partial charge in [0.05, 0.1) is 5.41 Å². The number of ether oxygens (including phenoxy) is 2. The normalized spacial score (nSPS) is 21.7. The topological polar surface area (TPSA) is 76.6 Å². The maximum absolute atomic E-state index is 13.4. The van der Waals surface area contributed by atoms with E-state index in [9.17, 15) is 4.79 Å². The van der Waals surface area contributed by atoms with E-state index >= 15 is 0 Å². The zero-order valence-electron chi connectivity index (χ0n) is 18.4. The number of rotatable bonds is 7. The van der Waals surface area contributed by atoms with Crippen molar-refractivity contribution >= 4 is 22.4 Å². The molecule has 0 radical (unpaired) electrons. The van der Waals surface area contributed by atoms with Gasteiger partial charge in [-0.2, -0.15) is 0 Å². The van der Waals surface area contributed by atoms with Crippen LogP contribution in [-0.4, -0.2) is 61.5 Å². The van der Waals surface area contributed by atoms with Gasteiger partial charge < -0.3 is 19.7 Å². The van der Waals surface area contributed by atoms with Crippen molar-refractivity contribution in [3.05, 3.63) is 40.4 Å². The van der Waals surface area contributed by atoms with Crippen LogP contribution in [0.1, 0.15) is 47.7 Å². The lowest BCUT2D eigenvalue weighted by Gasteiger charge is -2.36. The monoisotopic (exact) mass is 444 g/mol. The van der Waals surface area contributed by atoms with Crippen molar-refractivity contribution < 1.29 is 14.3 Å². The maximum atomic E-state index is 13.4. The summed E-state index contributed by atoms with van der Waals surface area (Å²) in [5, 5.41) is 12.5. The summed E-state index contributed by atoms with van der Waals surface area (Å²) >= 11 is 1.36. The number of hydrogen-bond acceptors (Lipinski definition) is 7. The van der Waals surface area contributed by atoms with E-state index < -0.39 is 5.41 Å². The molecule has 1 amide bonds. The van der Waals surface area contributed by atoms with E-state index in [-0.39, 0.29) is 5.91 Å². The number of anilines is 1. The highest BCUT2D eigenvalue weighted by molar-refractivity contribution is 7.15. The fourth-order valence-electron chi connectivity index (χ4n) is 4.75. The van der Waals surface area contributed by atoms with Gasteiger partial charge in [0, 0.05) is 26.9 Å². The Morgan fingerprint density at radius 2 is 2.19 bits per heavy atom. The van der Waals surface area contributed by atoms with Crippen LogP contribution in [0.2, 0.25) is 0 Å². The van der Waals surface area contributed by atoms with E-state index in [2.05, 4.69) is 51.7 Å². The molecule has 3 heterocycles. The molecule has 0 spiro atoms. The Hall–Kier alpha value is -1.87. The molecule has 1 atom stereocenters. The first kappa shape index (κ1) is 22.3. The number of carbonyl (C=O) groups is 1. The minimum absolute atomic E-state index is 0.0127. The molecule has 1 aromatic carbocycles. The van der Waals surface area contributed by atoms with Crippen LogP contribution in [0, 0.1) is 5.41 Å². The van der Waals surface area contributed by atoms with E-state index in [4.69, 9.17) is 9.47 Å². The zero-order chi connectivity index (χ0) is 21.7. The summed E-state index contributed by atoms with van der Waals surface area (Å²) in [6.45, 7) is 3.88. The molecule has 168 valence electrons.